The third-order valence-corrected chi connectivity index (χ3v) is 12.6. The zero-order chi connectivity index (χ0) is 38.0. The molecule has 3 N–H and O–H groups in total. The number of sulfonamides is 1. The molecule has 13 heteroatoms. The van der Waals surface area contributed by atoms with Crippen LogP contribution in [0.5, 0.6) is 0 Å². The number of hydrogen-bond donors (Lipinski definition) is 2. The predicted octanol–water partition coefficient (Wildman–Crippen LogP) is 8.99. The fourth-order valence-electron chi connectivity index (χ4n) is 9.68. The SMILES string of the molecule is CCCCCCN1CC2C(C1)C2(CC(F)(F)F)c1cccc(N)c1.CCCCCCN1CC2C(C1)C2(CC(F)(F)F)c1cccc(NS(C)(=O)=O)c1. The van der Waals surface area contributed by atoms with E-state index in [1.165, 1.54) is 25.7 Å². The first-order chi connectivity index (χ1) is 24.4. The van der Waals surface area contributed by atoms with E-state index in [0.717, 1.165) is 63.7 Å². The lowest BCUT2D eigenvalue weighted by atomic mass is 9.86. The van der Waals surface area contributed by atoms with Crippen LogP contribution in [0, 0.1) is 23.7 Å². The summed E-state index contributed by atoms with van der Waals surface area (Å²) in [7, 11) is -3.48. The third-order valence-electron chi connectivity index (χ3n) is 12.0. The van der Waals surface area contributed by atoms with Crippen molar-refractivity contribution < 1.29 is 34.8 Å². The maximum atomic E-state index is 13.4. The van der Waals surface area contributed by atoms with Crippen molar-refractivity contribution in [3.63, 3.8) is 0 Å². The Balaban J connectivity index is 0.000000203. The van der Waals surface area contributed by atoms with Crippen LogP contribution in [-0.2, 0) is 20.9 Å². The van der Waals surface area contributed by atoms with E-state index in [9.17, 15) is 34.8 Å². The van der Waals surface area contributed by atoms with Gasteiger partial charge in [0.05, 0.1) is 19.1 Å². The summed E-state index contributed by atoms with van der Waals surface area (Å²) in [5.74, 6) is 0.196. The van der Waals surface area contributed by atoms with E-state index in [0.29, 0.717) is 30.0 Å². The number of nitrogens with two attached hydrogens (primary N) is 1. The predicted molar refractivity (Wildman–Crippen MR) is 196 cm³/mol. The van der Waals surface area contributed by atoms with Crippen molar-refractivity contribution in [3.05, 3.63) is 59.7 Å². The Labute approximate surface area is 305 Å². The van der Waals surface area contributed by atoms with Gasteiger partial charge in [-0.05, 0) is 85.0 Å². The van der Waals surface area contributed by atoms with Gasteiger partial charge in [0.15, 0.2) is 0 Å². The summed E-state index contributed by atoms with van der Waals surface area (Å²) in [6.07, 6.45) is 0.494. The molecule has 4 unspecified atom stereocenters. The maximum Gasteiger partial charge on any atom is 0.389 e. The van der Waals surface area contributed by atoms with Crippen molar-refractivity contribution in [2.75, 3.05) is 56.0 Å². The Morgan fingerprint density at radius 3 is 1.50 bits per heavy atom. The second-order valence-electron chi connectivity index (χ2n) is 15.8. The highest BCUT2D eigenvalue weighted by molar-refractivity contribution is 7.92. The lowest BCUT2D eigenvalue weighted by Gasteiger charge is -2.28. The van der Waals surface area contributed by atoms with E-state index in [1.807, 2.05) is 6.07 Å². The molecule has 4 atom stereocenters. The average molecular weight is 759 g/mol. The Morgan fingerprint density at radius 2 is 1.12 bits per heavy atom. The maximum absolute atomic E-state index is 13.4. The van der Waals surface area contributed by atoms with E-state index in [2.05, 4.69) is 28.4 Å². The molecule has 4 aliphatic rings. The first kappa shape index (κ1) is 40.7. The average Bonchev–Trinajstić information content (AvgIpc) is 3.56. The monoisotopic (exact) mass is 758 g/mol. The summed E-state index contributed by atoms with van der Waals surface area (Å²) in [4.78, 5) is 4.64. The second-order valence-corrected chi connectivity index (χ2v) is 17.6. The second kappa shape index (κ2) is 16.1. The van der Waals surface area contributed by atoms with E-state index in [-0.39, 0.29) is 23.7 Å². The van der Waals surface area contributed by atoms with Gasteiger partial charge in [0.2, 0.25) is 10.0 Å². The minimum absolute atomic E-state index is 0.0196. The van der Waals surface area contributed by atoms with Crippen LogP contribution in [0.4, 0.5) is 37.7 Å². The number of rotatable bonds is 16. The summed E-state index contributed by atoms with van der Waals surface area (Å²) >= 11 is 0. The van der Waals surface area contributed by atoms with Crippen molar-refractivity contribution in [1.29, 1.82) is 0 Å². The number of benzene rings is 2. The number of anilines is 2. The molecule has 6 nitrogen and oxygen atoms in total. The third kappa shape index (κ3) is 9.77. The molecule has 2 heterocycles. The molecule has 4 fully saturated rings. The van der Waals surface area contributed by atoms with Gasteiger partial charge >= 0.3 is 12.4 Å². The number of fused-ring (bicyclic) bond motifs is 2. The van der Waals surface area contributed by atoms with Crippen LogP contribution in [0.2, 0.25) is 0 Å². The summed E-state index contributed by atoms with van der Waals surface area (Å²) in [5.41, 5.74) is 6.41. The van der Waals surface area contributed by atoms with Gasteiger partial charge in [-0.3, -0.25) is 4.72 Å². The molecule has 6 rings (SSSR count). The Bertz CT molecular complexity index is 1580. The molecular weight excluding hydrogens is 703 g/mol. The van der Waals surface area contributed by atoms with Crippen molar-refractivity contribution in [3.8, 4) is 0 Å². The highest BCUT2D eigenvalue weighted by Gasteiger charge is 2.72. The number of nitrogens with zero attached hydrogens (tertiary/aromatic N) is 2. The summed E-state index contributed by atoms with van der Waals surface area (Å²) in [6, 6.07) is 13.6. The topological polar surface area (TPSA) is 78.7 Å². The summed E-state index contributed by atoms with van der Waals surface area (Å²) in [6.45, 7) is 9.28. The Hall–Kier alpha value is -2.51. The van der Waals surface area contributed by atoms with Gasteiger partial charge in [0.1, 0.15) is 0 Å². The molecule has 2 saturated heterocycles. The number of piperidine rings is 2. The van der Waals surface area contributed by atoms with Gasteiger partial charge in [-0.1, -0.05) is 76.6 Å². The molecule has 0 amide bonds. The van der Waals surface area contributed by atoms with Crippen LogP contribution in [0.25, 0.3) is 0 Å². The van der Waals surface area contributed by atoms with Gasteiger partial charge < -0.3 is 15.5 Å². The van der Waals surface area contributed by atoms with Crippen molar-refractivity contribution in [2.45, 2.75) is 101 Å². The number of hydrogen-bond acceptors (Lipinski definition) is 5. The number of likely N-dealkylation sites (tertiary alicyclic amines) is 2. The van der Waals surface area contributed by atoms with E-state index in [1.54, 1.807) is 42.5 Å². The van der Waals surface area contributed by atoms with Crippen molar-refractivity contribution in [2.24, 2.45) is 23.7 Å². The minimum atomic E-state index is -4.25. The van der Waals surface area contributed by atoms with Gasteiger partial charge in [-0.25, -0.2) is 8.42 Å². The molecule has 0 spiro atoms. The summed E-state index contributed by atoms with van der Waals surface area (Å²) in [5, 5.41) is 0. The lowest BCUT2D eigenvalue weighted by Crippen LogP contribution is -2.34. The number of nitrogen functional groups attached to an aromatic ring is 1. The number of unbranched alkanes of at least 4 members (excludes halogenated alkanes) is 6. The first-order valence-corrected chi connectivity index (χ1v) is 20.8. The normalized spacial score (nSPS) is 28.6. The molecular formula is C39H56F6N4O2S. The molecule has 2 aliphatic carbocycles. The van der Waals surface area contributed by atoms with Crippen LogP contribution in [0.3, 0.4) is 0 Å². The molecule has 0 bridgehead atoms. The standard InChI is InChI=1S/C20H29F3N2O2S.C19H27F3N2/c1-3-4-5-6-10-25-12-17-18(13-25)19(17,14-20(21,22)23)15-8-7-9-16(11-15)24-28(2,26)27;1-2-3-4-5-9-24-11-16-17(12-24)18(16,13-19(20,21)22)14-7-6-8-15(23)10-14/h7-9,11,17-18,24H,3-6,10,12-14H2,1-2H3;6-8,10,16-17H,2-5,9,11-13,23H2,1H3. The van der Waals surface area contributed by atoms with Crippen LogP contribution in [0.1, 0.15) is 89.2 Å². The zero-order valence-corrected chi connectivity index (χ0v) is 31.5. The van der Waals surface area contributed by atoms with Gasteiger partial charge in [-0.2, -0.15) is 26.3 Å². The first-order valence-electron chi connectivity index (χ1n) is 18.9. The molecule has 2 saturated carbocycles. The van der Waals surface area contributed by atoms with Crippen LogP contribution in [-0.4, -0.2) is 76.1 Å². The van der Waals surface area contributed by atoms with E-state index >= 15 is 0 Å². The fraction of sp³-hybridized carbons (Fsp3) is 0.692. The molecule has 0 aromatic heterocycles. The molecule has 2 aromatic carbocycles. The van der Waals surface area contributed by atoms with E-state index in [4.69, 9.17) is 5.73 Å². The van der Waals surface area contributed by atoms with E-state index < -0.39 is 46.0 Å². The minimum Gasteiger partial charge on any atom is -0.399 e. The van der Waals surface area contributed by atoms with Gasteiger partial charge in [0, 0.05) is 48.4 Å². The van der Waals surface area contributed by atoms with Gasteiger partial charge in [-0.15, -0.1) is 0 Å². The molecule has 2 aliphatic heterocycles. The van der Waals surface area contributed by atoms with Crippen LogP contribution in [0.15, 0.2) is 48.5 Å². The zero-order valence-electron chi connectivity index (χ0n) is 30.7. The molecule has 2 aromatic rings. The van der Waals surface area contributed by atoms with Crippen molar-refractivity contribution in [1.82, 2.24) is 9.80 Å². The number of alkyl halides is 6. The quantitative estimate of drug-likeness (QED) is 0.102. The Morgan fingerprint density at radius 1 is 0.692 bits per heavy atom. The van der Waals surface area contributed by atoms with Crippen LogP contribution >= 0.6 is 0 Å². The fourth-order valence-corrected chi connectivity index (χ4v) is 10.2. The highest BCUT2D eigenvalue weighted by atomic mass is 32.2. The smallest absolute Gasteiger partial charge is 0.389 e. The summed E-state index contributed by atoms with van der Waals surface area (Å²) < 4.78 is 105. The molecule has 52 heavy (non-hydrogen) atoms. The molecule has 0 radical (unpaired) electrons. The van der Waals surface area contributed by atoms with Crippen molar-refractivity contribution >= 4 is 21.4 Å². The highest BCUT2D eigenvalue weighted by Crippen LogP contribution is 2.68. The number of halogens is 6. The van der Waals surface area contributed by atoms with Crippen LogP contribution < -0.4 is 10.5 Å². The number of nitrogens with one attached hydrogen (secondary N) is 1. The largest absolute Gasteiger partial charge is 0.399 e. The molecule has 292 valence electrons. The lowest BCUT2D eigenvalue weighted by molar-refractivity contribution is -0.144. The Kier molecular flexibility index (Phi) is 12.6. The van der Waals surface area contributed by atoms with Gasteiger partial charge in [0.25, 0.3) is 0 Å².